The number of methoxy groups -OCH3 is 1. The van der Waals surface area contributed by atoms with Crippen molar-refractivity contribution in [3.8, 4) is 5.75 Å². The van der Waals surface area contributed by atoms with Crippen molar-refractivity contribution in [2.45, 2.75) is 49.2 Å². The highest BCUT2D eigenvalue weighted by atomic mass is 32.2. The van der Waals surface area contributed by atoms with Crippen molar-refractivity contribution in [3.63, 3.8) is 0 Å². The Morgan fingerprint density at radius 3 is 2.31 bits per heavy atom. The van der Waals surface area contributed by atoms with Gasteiger partial charge in [-0.15, -0.1) is 0 Å². The lowest BCUT2D eigenvalue weighted by atomic mass is 9.77. The predicted octanol–water partition coefficient (Wildman–Crippen LogP) is 3.54. The molecular formula is C20H24O5S. The van der Waals surface area contributed by atoms with Crippen LogP contribution in [0.1, 0.15) is 36.8 Å². The third-order valence-electron chi connectivity index (χ3n) is 4.95. The smallest absolute Gasteiger partial charge is 0.297 e. The molecule has 2 atom stereocenters. The molecule has 1 aliphatic rings. The molecule has 0 spiro atoms. The summed E-state index contributed by atoms with van der Waals surface area (Å²) in [7, 11) is -2.38. The zero-order chi connectivity index (χ0) is 18.8. The molecule has 0 saturated heterocycles. The van der Waals surface area contributed by atoms with Crippen molar-refractivity contribution >= 4 is 10.1 Å². The Kier molecular flexibility index (Phi) is 5.37. The molecular weight excluding hydrogens is 352 g/mol. The van der Waals surface area contributed by atoms with E-state index in [4.69, 9.17) is 8.92 Å². The van der Waals surface area contributed by atoms with Gasteiger partial charge in [0.1, 0.15) is 17.5 Å². The SMILES string of the molecule is COc1ccc(C2(O)CCCCC2OS(=O)(=O)c2ccc(C)cc2)cc1. The van der Waals surface area contributed by atoms with Gasteiger partial charge >= 0.3 is 0 Å². The number of rotatable bonds is 5. The fraction of sp³-hybridized carbons (Fsp3) is 0.400. The minimum Gasteiger partial charge on any atom is -0.497 e. The van der Waals surface area contributed by atoms with E-state index in [1.54, 1.807) is 43.5 Å². The van der Waals surface area contributed by atoms with Gasteiger partial charge in [0.25, 0.3) is 10.1 Å². The Labute approximate surface area is 154 Å². The second-order valence-corrected chi connectivity index (χ2v) is 8.32. The zero-order valence-electron chi connectivity index (χ0n) is 15.0. The third kappa shape index (κ3) is 3.77. The molecule has 26 heavy (non-hydrogen) atoms. The van der Waals surface area contributed by atoms with Gasteiger partial charge in [-0.1, -0.05) is 42.7 Å². The molecule has 1 N–H and O–H groups in total. The maximum atomic E-state index is 12.7. The number of hydrogen-bond acceptors (Lipinski definition) is 5. The van der Waals surface area contributed by atoms with E-state index in [1.807, 2.05) is 6.92 Å². The highest BCUT2D eigenvalue weighted by Gasteiger charge is 2.44. The highest BCUT2D eigenvalue weighted by Crippen LogP contribution is 2.40. The molecule has 0 radical (unpaired) electrons. The standard InChI is InChI=1S/C20H24O5S/c1-15-6-12-18(13-7-15)26(22,23)25-19-5-3-4-14-20(19,21)16-8-10-17(24-2)11-9-16/h6-13,19,21H,3-5,14H2,1-2H3. The van der Waals surface area contributed by atoms with E-state index < -0.39 is 21.8 Å². The average molecular weight is 376 g/mol. The first kappa shape index (κ1) is 18.9. The van der Waals surface area contributed by atoms with Crippen LogP contribution in [0.2, 0.25) is 0 Å². The molecule has 2 aromatic rings. The zero-order valence-corrected chi connectivity index (χ0v) is 15.8. The number of hydrogen-bond donors (Lipinski definition) is 1. The van der Waals surface area contributed by atoms with Crippen LogP contribution in [-0.4, -0.2) is 26.7 Å². The number of ether oxygens (including phenoxy) is 1. The first-order valence-electron chi connectivity index (χ1n) is 8.72. The van der Waals surface area contributed by atoms with Gasteiger partial charge in [-0.25, -0.2) is 0 Å². The van der Waals surface area contributed by atoms with E-state index in [-0.39, 0.29) is 4.90 Å². The molecule has 6 heteroatoms. The Morgan fingerprint density at radius 1 is 1.04 bits per heavy atom. The maximum absolute atomic E-state index is 12.7. The van der Waals surface area contributed by atoms with Gasteiger partial charge in [-0.2, -0.15) is 8.42 Å². The summed E-state index contributed by atoms with van der Waals surface area (Å²) in [6.07, 6.45) is 1.73. The first-order valence-corrected chi connectivity index (χ1v) is 10.1. The van der Waals surface area contributed by atoms with Gasteiger partial charge in [0.05, 0.1) is 12.0 Å². The van der Waals surface area contributed by atoms with Crippen LogP contribution >= 0.6 is 0 Å². The van der Waals surface area contributed by atoms with Gasteiger partial charge < -0.3 is 9.84 Å². The van der Waals surface area contributed by atoms with Crippen LogP contribution in [0, 0.1) is 6.92 Å². The molecule has 0 heterocycles. The Bertz CT molecular complexity index is 843. The summed E-state index contributed by atoms with van der Waals surface area (Å²) in [6.45, 7) is 1.89. The average Bonchev–Trinajstić information content (AvgIpc) is 2.64. The predicted molar refractivity (Wildman–Crippen MR) is 98.6 cm³/mol. The normalized spacial score (nSPS) is 23.6. The number of aliphatic hydroxyl groups is 1. The minimum atomic E-state index is -3.95. The van der Waals surface area contributed by atoms with Crippen LogP contribution in [-0.2, 0) is 19.9 Å². The fourth-order valence-corrected chi connectivity index (χ4v) is 4.52. The third-order valence-corrected chi connectivity index (χ3v) is 6.28. The van der Waals surface area contributed by atoms with Gasteiger partial charge in [0.15, 0.2) is 0 Å². The summed E-state index contributed by atoms with van der Waals surface area (Å²) in [5, 5.41) is 11.3. The molecule has 0 amide bonds. The van der Waals surface area contributed by atoms with E-state index in [2.05, 4.69) is 0 Å². The molecule has 0 aromatic heterocycles. The van der Waals surface area contributed by atoms with Crippen molar-refractivity contribution in [2.75, 3.05) is 7.11 Å². The Balaban J connectivity index is 1.89. The summed E-state index contributed by atoms with van der Waals surface area (Å²) in [4.78, 5) is 0.103. The largest absolute Gasteiger partial charge is 0.497 e. The van der Waals surface area contributed by atoms with Crippen molar-refractivity contribution < 1.29 is 22.4 Å². The minimum absolute atomic E-state index is 0.103. The second kappa shape index (κ2) is 7.39. The van der Waals surface area contributed by atoms with Crippen LogP contribution in [0.25, 0.3) is 0 Å². The number of benzene rings is 2. The van der Waals surface area contributed by atoms with E-state index in [9.17, 15) is 13.5 Å². The second-order valence-electron chi connectivity index (χ2n) is 6.75. The van der Waals surface area contributed by atoms with Crippen molar-refractivity contribution in [2.24, 2.45) is 0 Å². The van der Waals surface area contributed by atoms with Gasteiger partial charge in [-0.05, 0) is 49.6 Å². The monoisotopic (exact) mass is 376 g/mol. The molecule has 3 rings (SSSR count). The van der Waals surface area contributed by atoms with Crippen LogP contribution in [0.4, 0.5) is 0 Å². The molecule has 0 bridgehead atoms. The van der Waals surface area contributed by atoms with Gasteiger partial charge in [0, 0.05) is 0 Å². The lowest BCUT2D eigenvalue weighted by Crippen LogP contribution is -2.44. The van der Waals surface area contributed by atoms with Crippen molar-refractivity contribution in [1.82, 2.24) is 0 Å². The summed E-state index contributed by atoms with van der Waals surface area (Å²) in [6, 6.07) is 13.6. The van der Waals surface area contributed by atoms with Crippen molar-refractivity contribution in [3.05, 3.63) is 59.7 Å². The summed E-state index contributed by atoms with van der Waals surface area (Å²) >= 11 is 0. The van der Waals surface area contributed by atoms with E-state index >= 15 is 0 Å². The first-order chi connectivity index (χ1) is 12.3. The molecule has 140 valence electrons. The molecule has 1 aliphatic carbocycles. The fourth-order valence-electron chi connectivity index (χ4n) is 3.37. The number of aryl methyl sites for hydroxylation is 1. The van der Waals surface area contributed by atoms with Crippen LogP contribution < -0.4 is 4.74 Å². The molecule has 5 nitrogen and oxygen atoms in total. The van der Waals surface area contributed by atoms with E-state index in [0.717, 1.165) is 18.4 Å². The summed E-state index contributed by atoms with van der Waals surface area (Å²) in [5.41, 5.74) is 0.265. The summed E-state index contributed by atoms with van der Waals surface area (Å²) < 4.78 is 36.0. The molecule has 1 fully saturated rings. The lowest BCUT2D eigenvalue weighted by Gasteiger charge is -2.39. The topological polar surface area (TPSA) is 72.8 Å². The lowest BCUT2D eigenvalue weighted by molar-refractivity contribution is -0.0910. The van der Waals surface area contributed by atoms with Gasteiger partial charge in [-0.3, -0.25) is 4.18 Å². The van der Waals surface area contributed by atoms with E-state index in [0.29, 0.717) is 24.2 Å². The van der Waals surface area contributed by atoms with Crippen molar-refractivity contribution in [1.29, 1.82) is 0 Å². The van der Waals surface area contributed by atoms with Gasteiger partial charge in [0.2, 0.25) is 0 Å². The molecule has 1 saturated carbocycles. The Morgan fingerprint density at radius 2 is 1.69 bits per heavy atom. The van der Waals surface area contributed by atoms with Crippen LogP contribution in [0.15, 0.2) is 53.4 Å². The quantitative estimate of drug-likeness (QED) is 0.808. The molecule has 2 unspecified atom stereocenters. The van der Waals surface area contributed by atoms with E-state index in [1.165, 1.54) is 12.1 Å². The maximum Gasteiger partial charge on any atom is 0.297 e. The molecule has 2 aromatic carbocycles. The molecule has 0 aliphatic heterocycles. The van der Waals surface area contributed by atoms with Crippen LogP contribution in [0.3, 0.4) is 0 Å². The highest BCUT2D eigenvalue weighted by molar-refractivity contribution is 7.86. The Hall–Kier alpha value is -1.89. The van der Waals surface area contributed by atoms with Crippen LogP contribution in [0.5, 0.6) is 5.75 Å². The summed E-state index contributed by atoms with van der Waals surface area (Å²) in [5.74, 6) is 0.679.